The zero-order valence-electron chi connectivity index (χ0n) is 16.4. The van der Waals surface area contributed by atoms with Crippen LogP contribution >= 0.6 is 0 Å². The molecular weight excluding hydrogens is 480 g/mol. The van der Waals surface area contributed by atoms with Crippen LogP contribution in [0.1, 0.15) is 12.3 Å². The lowest BCUT2D eigenvalue weighted by Gasteiger charge is -2.24. The number of rotatable bonds is 4. The van der Waals surface area contributed by atoms with Gasteiger partial charge < -0.3 is 14.3 Å². The molecule has 0 aliphatic carbocycles. The summed E-state index contributed by atoms with van der Waals surface area (Å²) in [5.41, 5.74) is 0.817. The van der Waals surface area contributed by atoms with Crippen LogP contribution in [0.4, 0.5) is 5.69 Å². The Morgan fingerprint density at radius 2 is 1.73 bits per heavy atom. The molecule has 2 aromatic carbocycles. The molecule has 0 amide bonds. The molecule has 3 N–H and O–H groups in total. The molecule has 12 nitrogen and oxygen atoms in total. The summed E-state index contributed by atoms with van der Waals surface area (Å²) < 4.78 is 78.4. The zero-order valence-corrected chi connectivity index (χ0v) is 18.1. The number of oxazole rings is 1. The Bertz CT molecular complexity index is 1590. The summed E-state index contributed by atoms with van der Waals surface area (Å²) in [7, 11) is -9.02. The number of benzene rings is 2. The van der Waals surface area contributed by atoms with Gasteiger partial charge >= 0.3 is 11.9 Å². The first kappa shape index (κ1) is 21.4. The first-order valence-corrected chi connectivity index (χ1v) is 12.3. The molecule has 2 aliphatic rings. The van der Waals surface area contributed by atoms with E-state index >= 15 is 0 Å². The molecule has 0 radical (unpaired) electrons. The Hall–Kier alpha value is -3.46. The summed E-state index contributed by atoms with van der Waals surface area (Å²) in [6.07, 6.45) is 1.06. The van der Waals surface area contributed by atoms with Crippen molar-refractivity contribution in [2.24, 2.45) is 0 Å². The maximum absolute atomic E-state index is 11.6. The molecule has 5 rings (SSSR count). The summed E-state index contributed by atoms with van der Waals surface area (Å²) in [6, 6.07) is 6.61. The maximum atomic E-state index is 11.6. The second kappa shape index (κ2) is 7.02. The number of carboxylic acid groups (broad SMARTS) is 1. The van der Waals surface area contributed by atoms with Gasteiger partial charge in [-0.3, -0.25) is 18.8 Å². The fourth-order valence-corrected chi connectivity index (χ4v) is 4.98. The van der Waals surface area contributed by atoms with Crippen LogP contribution in [0.25, 0.3) is 17.2 Å². The molecule has 1 aromatic heterocycles. The Labute approximate surface area is 186 Å². The minimum Gasteiger partial charge on any atom is -0.481 e. The van der Waals surface area contributed by atoms with Crippen molar-refractivity contribution in [3.8, 4) is 5.75 Å². The average molecular weight is 495 g/mol. The number of carboxylic acids is 1. The first-order chi connectivity index (χ1) is 15.4. The standard InChI is InChI=1S/C19H14N2O10S2/c22-19(23)5-10-9-20-13-6-11(32(24,25)26)1-3-15(13)30-17(20)8-18-21(10)14-7-12(33(27,28)29)2-4-16(14)31-18/h1-4,6-8,10H,5,9H2,(H2-,22,23,24,25,26,27,28,29)/p+1. The van der Waals surface area contributed by atoms with Gasteiger partial charge in [-0.2, -0.15) is 21.4 Å². The highest BCUT2D eigenvalue weighted by Gasteiger charge is 2.42. The smallest absolute Gasteiger partial charge is 0.379 e. The monoisotopic (exact) mass is 495 g/mol. The molecule has 33 heavy (non-hydrogen) atoms. The van der Waals surface area contributed by atoms with Gasteiger partial charge in [0.15, 0.2) is 12.3 Å². The molecule has 172 valence electrons. The van der Waals surface area contributed by atoms with E-state index in [-0.39, 0.29) is 34.7 Å². The topological polar surface area (TPSA) is 176 Å². The molecule has 0 spiro atoms. The van der Waals surface area contributed by atoms with E-state index in [9.17, 15) is 35.8 Å². The second-order valence-corrected chi connectivity index (χ2v) is 10.3. The molecule has 1 atom stereocenters. The molecule has 0 bridgehead atoms. The van der Waals surface area contributed by atoms with E-state index in [1.807, 2.05) is 0 Å². The van der Waals surface area contributed by atoms with E-state index in [1.54, 1.807) is 4.57 Å². The van der Waals surface area contributed by atoms with Crippen LogP contribution in [0.15, 0.2) is 56.5 Å². The third kappa shape index (κ3) is 3.62. The molecule has 2 aliphatic heterocycles. The number of aromatic nitrogens is 1. The van der Waals surface area contributed by atoms with Crippen molar-refractivity contribution in [1.29, 1.82) is 0 Å². The van der Waals surface area contributed by atoms with E-state index in [4.69, 9.17) is 9.15 Å². The first-order valence-electron chi connectivity index (χ1n) is 9.38. The van der Waals surface area contributed by atoms with E-state index in [0.717, 1.165) is 6.07 Å². The van der Waals surface area contributed by atoms with Crippen molar-refractivity contribution in [2.45, 2.75) is 28.8 Å². The van der Waals surface area contributed by atoms with Crippen LogP contribution in [0.3, 0.4) is 0 Å². The van der Waals surface area contributed by atoms with Gasteiger partial charge in [0, 0.05) is 6.07 Å². The minimum atomic E-state index is -4.52. The number of carbonyl (C=O) groups is 1. The zero-order chi connectivity index (χ0) is 23.7. The molecule has 0 saturated heterocycles. The molecule has 14 heteroatoms. The largest absolute Gasteiger partial charge is 0.481 e. The van der Waals surface area contributed by atoms with Crippen LogP contribution in [0.5, 0.6) is 5.75 Å². The van der Waals surface area contributed by atoms with E-state index in [2.05, 4.69) is 0 Å². The average Bonchev–Trinajstić information content (AvgIpc) is 3.18. The van der Waals surface area contributed by atoms with Crippen molar-refractivity contribution >= 4 is 49.1 Å². The predicted octanol–water partition coefficient (Wildman–Crippen LogP) is 1.27. The van der Waals surface area contributed by atoms with E-state index < -0.39 is 43.6 Å². The molecule has 1 unspecified atom stereocenters. The molecule has 3 aromatic rings. The number of ether oxygens (including phenoxy) is 1. The SMILES string of the molecule is O=C(O)CC1C[n+]2c(oc3ccc(S(=O)(=O)O)cc32)C=C2Oc3ccc(S(=O)(=O)O)cc3N21. The van der Waals surface area contributed by atoms with Crippen molar-refractivity contribution < 1.29 is 49.6 Å². The quantitative estimate of drug-likeness (QED) is 0.351. The van der Waals surface area contributed by atoms with Crippen molar-refractivity contribution in [3.63, 3.8) is 0 Å². The van der Waals surface area contributed by atoms with Crippen molar-refractivity contribution in [2.75, 3.05) is 4.90 Å². The van der Waals surface area contributed by atoms with Gasteiger partial charge in [0.2, 0.25) is 11.5 Å². The lowest BCUT2D eigenvalue weighted by molar-refractivity contribution is -0.679. The highest BCUT2D eigenvalue weighted by molar-refractivity contribution is 7.86. The van der Waals surface area contributed by atoms with E-state index in [0.29, 0.717) is 11.1 Å². The van der Waals surface area contributed by atoms with Crippen LogP contribution < -0.4 is 14.2 Å². The van der Waals surface area contributed by atoms with Gasteiger partial charge in [-0.1, -0.05) is 0 Å². The number of hydrogen-bond donors (Lipinski definition) is 3. The van der Waals surface area contributed by atoms with Gasteiger partial charge in [-0.25, -0.2) is 0 Å². The van der Waals surface area contributed by atoms with Gasteiger partial charge in [-0.15, -0.1) is 0 Å². The molecule has 0 fully saturated rings. The summed E-state index contributed by atoms with van der Waals surface area (Å²) in [5, 5.41) is 9.50. The molecular formula is C19H15N2O10S2+. The Balaban J connectivity index is 1.70. The Kier molecular flexibility index (Phi) is 4.55. The van der Waals surface area contributed by atoms with Gasteiger partial charge in [0.05, 0.1) is 17.0 Å². The number of anilines is 1. The summed E-state index contributed by atoms with van der Waals surface area (Å²) in [6.45, 7) is -0.0114. The third-order valence-corrected chi connectivity index (χ3v) is 7.05. The number of fused-ring (bicyclic) bond motifs is 6. The summed E-state index contributed by atoms with van der Waals surface area (Å²) in [5.74, 6) is -0.520. The Morgan fingerprint density at radius 3 is 2.39 bits per heavy atom. The number of aliphatic carboxylic acids is 1. The highest BCUT2D eigenvalue weighted by Crippen LogP contribution is 2.43. The normalized spacial score (nSPS) is 17.6. The van der Waals surface area contributed by atoms with Crippen molar-refractivity contribution in [1.82, 2.24) is 0 Å². The Morgan fingerprint density at radius 1 is 1.06 bits per heavy atom. The van der Waals surface area contributed by atoms with Gasteiger partial charge in [-0.05, 0) is 30.3 Å². The third-order valence-electron chi connectivity index (χ3n) is 5.36. The number of hydrogen-bond acceptors (Lipinski definition) is 8. The minimum absolute atomic E-state index is 0.0114. The summed E-state index contributed by atoms with van der Waals surface area (Å²) in [4.78, 5) is 12.4. The van der Waals surface area contributed by atoms with Crippen LogP contribution in [-0.2, 0) is 31.6 Å². The van der Waals surface area contributed by atoms with Crippen LogP contribution in [0, 0.1) is 0 Å². The van der Waals surface area contributed by atoms with Gasteiger partial charge in [0.1, 0.15) is 17.0 Å². The van der Waals surface area contributed by atoms with Gasteiger partial charge in [0.25, 0.3) is 25.8 Å². The van der Waals surface area contributed by atoms with Crippen molar-refractivity contribution in [3.05, 3.63) is 48.2 Å². The van der Waals surface area contributed by atoms with Crippen LogP contribution in [0.2, 0.25) is 0 Å². The number of nitrogens with zero attached hydrogens (tertiary/aromatic N) is 2. The predicted molar refractivity (Wildman–Crippen MR) is 110 cm³/mol. The second-order valence-electron chi connectivity index (χ2n) is 7.47. The summed E-state index contributed by atoms with van der Waals surface area (Å²) >= 11 is 0. The lowest BCUT2D eigenvalue weighted by Crippen LogP contribution is -2.47. The van der Waals surface area contributed by atoms with Crippen LogP contribution in [-0.4, -0.2) is 43.1 Å². The maximum Gasteiger partial charge on any atom is 0.379 e. The highest BCUT2D eigenvalue weighted by atomic mass is 32.2. The lowest BCUT2D eigenvalue weighted by atomic mass is 10.1. The molecule has 3 heterocycles. The fraction of sp³-hybridized carbons (Fsp3) is 0.158. The fourth-order valence-electron chi connectivity index (χ4n) is 3.98. The molecule has 0 saturated carbocycles. The van der Waals surface area contributed by atoms with E-state index in [1.165, 1.54) is 41.3 Å².